The second kappa shape index (κ2) is 11.6. The van der Waals surface area contributed by atoms with Crippen LogP contribution in [0.3, 0.4) is 0 Å². The van der Waals surface area contributed by atoms with Crippen LogP contribution in [-0.4, -0.2) is 63.4 Å². The highest BCUT2D eigenvalue weighted by Gasteiger charge is 2.33. The maximum Gasteiger partial charge on any atom is 0.251 e. The Balaban J connectivity index is 1.60. The number of ether oxygens (including phenoxy) is 1. The molecule has 8 heteroatoms. The second-order valence-electron chi connectivity index (χ2n) is 8.66. The number of carbonyl (C=O) groups excluding carboxylic acids is 1. The lowest BCUT2D eigenvalue weighted by Crippen LogP contribution is -2.42. The van der Waals surface area contributed by atoms with Gasteiger partial charge in [-0.05, 0) is 63.5 Å². The standard InChI is InChI=1S/C25H35N3O4S/c1-20-10-7-8-17-28(20)33(30,31)24-18-22(13-14-23(24)32-3)25(29)26-15-9-16-27(2)19-21-11-5-4-6-12-21/h4-6,11-14,18,20H,7-10,15-17,19H2,1-3H3,(H,26,29). The fraction of sp³-hybridized carbons (Fsp3) is 0.480. The summed E-state index contributed by atoms with van der Waals surface area (Å²) in [6, 6.07) is 14.8. The molecule has 0 aromatic heterocycles. The van der Waals surface area contributed by atoms with E-state index in [-0.39, 0.29) is 22.6 Å². The Morgan fingerprint density at radius 2 is 1.94 bits per heavy atom. The van der Waals surface area contributed by atoms with Gasteiger partial charge in [0, 0.05) is 31.2 Å². The first-order valence-corrected chi connectivity index (χ1v) is 13.0. The molecule has 1 unspecified atom stereocenters. The Kier molecular flexibility index (Phi) is 8.88. The number of piperidine rings is 1. The van der Waals surface area contributed by atoms with Gasteiger partial charge in [0.2, 0.25) is 10.0 Å². The van der Waals surface area contributed by atoms with Crippen molar-refractivity contribution in [2.45, 2.75) is 50.1 Å². The molecule has 7 nitrogen and oxygen atoms in total. The molecular formula is C25H35N3O4S. The third-order valence-corrected chi connectivity index (χ3v) is 8.09. The molecule has 2 aromatic rings. The van der Waals surface area contributed by atoms with Gasteiger partial charge < -0.3 is 15.0 Å². The van der Waals surface area contributed by atoms with Gasteiger partial charge in [0.05, 0.1) is 7.11 Å². The van der Waals surface area contributed by atoms with Crippen molar-refractivity contribution in [1.82, 2.24) is 14.5 Å². The Morgan fingerprint density at radius 3 is 2.64 bits per heavy atom. The van der Waals surface area contributed by atoms with Crippen molar-refractivity contribution in [3.8, 4) is 5.75 Å². The number of rotatable bonds is 10. The molecule has 1 N–H and O–H groups in total. The number of benzene rings is 2. The van der Waals surface area contributed by atoms with Gasteiger partial charge in [0.1, 0.15) is 10.6 Å². The highest BCUT2D eigenvalue weighted by Crippen LogP contribution is 2.31. The first-order valence-electron chi connectivity index (χ1n) is 11.5. The SMILES string of the molecule is COc1ccc(C(=O)NCCCN(C)Cc2ccccc2)cc1S(=O)(=O)N1CCCCC1C. The first-order chi connectivity index (χ1) is 15.8. The molecule has 1 saturated heterocycles. The molecule has 1 fully saturated rings. The van der Waals surface area contributed by atoms with Crippen LogP contribution in [0.1, 0.15) is 48.5 Å². The molecule has 33 heavy (non-hydrogen) atoms. The van der Waals surface area contributed by atoms with Crippen molar-refractivity contribution in [2.24, 2.45) is 0 Å². The number of hydrogen-bond acceptors (Lipinski definition) is 5. The van der Waals surface area contributed by atoms with E-state index in [1.807, 2.05) is 25.1 Å². The van der Waals surface area contributed by atoms with E-state index in [1.54, 1.807) is 12.1 Å². The van der Waals surface area contributed by atoms with Gasteiger partial charge >= 0.3 is 0 Å². The molecule has 2 aromatic carbocycles. The predicted octanol–water partition coefficient (Wildman–Crippen LogP) is 3.51. The van der Waals surface area contributed by atoms with E-state index in [1.165, 1.54) is 23.0 Å². The molecule has 1 aliphatic rings. The minimum atomic E-state index is -3.75. The molecule has 1 atom stereocenters. The molecule has 1 amide bonds. The first kappa shape index (κ1) is 25.2. The van der Waals surface area contributed by atoms with Gasteiger partial charge in [-0.2, -0.15) is 4.31 Å². The number of amides is 1. The van der Waals surface area contributed by atoms with E-state index >= 15 is 0 Å². The van der Waals surface area contributed by atoms with Crippen molar-refractivity contribution in [3.05, 3.63) is 59.7 Å². The molecule has 0 spiro atoms. The highest BCUT2D eigenvalue weighted by molar-refractivity contribution is 7.89. The van der Waals surface area contributed by atoms with E-state index in [2.05, 4.69) is 29.4 Å². The number of nitrogens with zero attached hydrogens (tertiary/aromatic N) is 2. The summed E-state index contributed by atoms with van der Waals surface area (Å²) >= 11 is 0. The predicted molar refractivity (Wildman–Crippen MR) is 130 cm³/mol. The zero-order valence-corrected chi connectivity index (χ0v) is 20.6. The van der Waals surface area contributed by atoms with Crippen LogP contribution in [0.25, 0.3) is 0 Å². The zero-order valence-electron chi connectivity index (χ0n) is 19.8. The number of nitrogens with one attached hydrogen (secondary N) is 1. The summed E-state index contributed by atoms with van der Waals surface area (Å²) in [5.74, 6) is -0.0293. The van der Waals surface area contributed by atoms with Crippen molar-refractivity contribution >= 4 is 15.9 Å². The summed E-state index contributed by atoms with van der Waals surface area (Å²) in [6.07, 6.45) is 3.49. The van der Waals surface area contributed by atoms with Crippen LogP contribution in [0.2, 0.25) is 0 Å². The minimum Gasteiger partial charge on any atom is -0.495 e. The quantitative estimate of drug-likeness (QED) is 0.534. The Hall–Kier alpha value is -2.42. The van der Waals surface area contributed by atoms with Gasteiger partial charge in [0.15, 0.2) is 0 Å². The largest absolute Gasteiger partial charge is 0.495 e. The topological polar surface area (TPSA) is 79.0 Å². The Labute approximate surface area is 197 Å². The highest BCUT2D eigenvalue weighted by atomic mass is 32.2. The molecule has 0 radical (unpaired) electrons. The van der Waals surface area contributed by atoms with Crippen molar-refractivity contribution in [2.75, 3.05) is 33.8 Å². The van der Waals surface area contributed by atoms with Gasteiger partial charge in [-0.25, -0.2) is 8.42 Å². The molecule has 1 heterocycles. The van der Waals surface area contributed by atoms with Crippen LogP contribution < -0.4 is 10.1 Å². The lowest BCUT2D eigenvalue weighted by atomic mass is 10.1. The van der Waals surface area contributed by atoms with Crippen LogP contribution in [-0.2, 0) is 16.6 Å². The van der Waals surface area contributed by atoms with Crippen LogP contribution in [0.15, 0.2) is 53.4 Å². The molecule has 1 aliphatic heterocycles. The monoisotopic (exact) mass is 473 g/mol. The van der Waals surface area contributed by atoms with Gasteiger partial charge in [-0.3, -0.25) is 4.79 Å². The number of methoxy groups -OCH3 is 1. The maximum absolute atomic E-state index is 13.3. The second-order valence-corrected chi connectivity index (χ2v) is 10.5. The Bertz CT molecular complexity index is 1030. The average molecular weight is 474 g/mol. The van der Waals surface area contributed by atoms with E-state index in [0.717, 1.165) is 38.8 Å². The molecule has 0 bridgehead atoms. The molecule has 180 valence electrons. The number of hydrogen-bond donors (Lipinski definition) is 1. The van der Waals surface area contributed by atoms with Gasteiger partial charge in [-0.1, -0.05) is 36.8 Å². The van der Waals surface area contributed by atoms with Crippen molar-refractivity contribution in [1.29, 1.82) is 0 Å². The summed E-state index contributed by atoms with van der Waals surface area (Å²) in [5, 5.41) is 2.91. The fourth-order valence-electron chi connectivity index (χ4n) is 4.20. The van der Waals surface area contributed by atoms with E-state index < -0.39 is 10.0 Å². The third-order valence-electron chi connectivity index (χ3n) is 6.05. The average Bonchev–Trinajstić information content (AvgIpc) is 2.82. The number of sulfonamides is 1. The number of carbonyl (C=O) groups is 1. The van der Waals surface area contributed by atoms with E-state index in [0.29, 0.717) is 18.7 Å². The molecule has 3 rings (SSSR count). The van der Waals surface area contributed by atoms with Crippen LogP contribution in [0, 0.1) is 0 Å². The van der Waals surface area contributed by atoms with Crippen molar-refractivity contribution in [3.63, 3.8) is 0 Å². The van der Waals surface area contributed by atoms with Crippen LogP contribution in [0.4, 0.5) is 0 Å². The summed E-state index contributed by atoms with van der Waals surface area (Å²) < 4.78 is 33.5. The normalized spacial score (nSPS) is 17.2. The lowest BCUT2D eigenvalue weighted by molar-refractivity contribution is 0.0951. The van der Waals surface area contributed by atoms with Crippen molar-refractivity contribution < 1.29 is 17.9 Å². The molecule has 0 saturated carbocycles. The lowest BCUT2D eigenvalue weighted by Gasteiger charge is -2.32. The minimum absolute atomic E-state index is 0.0500. The summed E-state index contributed by atoms with van der Waals surface area (Å²) in [5.41, 5.74) is 1.57. The van der Waals surface area contributed by atoms with Gasteiger partial charge in [-0.15, -0.1) is 0 Å². The fourth-order valence-corrected chi connectivity index (χ4v) is 6.08. The van der Waals surface area contributed by atoms with E-state index in [4.69, 9.17) is 4.74 Å². The smallest absolute Gasteiger partial charge is 0.251 e. The van der Waals surface area contributed by atoms with Crippen LogP contribution in [0.5, 0.6) is 5.75 Å². The maximum atomic E-state index is 13.3. The Morgan fingerprint density at radius 1 is 1.18 bits per heavy atom. The summed E-state index contributed by atoms with van der Waals surface area (Å²) in [4.78, 5) is 15.0. The summed E-state index contributed by atoms with van der Waals surface area (Å²) in [7, 11) is -0.258. The molecular weight excluding hydrogens is 438 g/mol. The summed E-state index contributed by atoms with van der Waals surface area (Å²) in [6.45, 7) is 4.61. The zero-order chi connectivity index (χ0) is 23.8. The molecule has 0 aliphatic carbocycles. The third kappa shape index (κ3) is 6.56. The van der Waals surface area contributed by atoms with Crippen LogP contribution >= 0.6 is 0 Å². The van der Waals surface area contributed by atoms with E-state index in [9.17, 15) is 13.2 Å². The van der Waals surface area contributed by atoms with Gasteiger partial charge in [0.25, 0.3) is 5.91 Å².